The zero-order chi connectivity index (χ0) is 17.3. The van der Waals surface area contributed by atoms with Crippen molar-refractivity contribution < 1.29 is 29.9 Å². The summed E-state index contributed by atoms with van der Waals surface area (Å²) in [7, 11) is 1.41. The van der Waals surface area contributed by atoms with Crippen LogP contribution in [0.2, 0.25) is 0 Å². The van der Waals surface area contributed by atoms with Gasteiger partial charge in [-0.25, -0.2) is 0 Å². The van der Waals surface area contributed by atoms with E-state index in [0.29, 0.717) is 6.42 Å². The maximum atomic E-state index is 10.2. The highest BCUT2D eigenvalue weighted by atomic mass is 16.7. The molecule has 0 aromatic heterocycles. The molecule has 6 heteroatoms. The molecule has 1 unspecified atom stereocenters. The van der Waals surface area contributed by atoms with E-state index in [1.165, 1.54) is 39.2 Å². The molecule has 6 nitrogen and oxygen atoms in total. The van der Waals surface area contributed by atoms with Crippen LogP contribution < -0.4 is 0 Å². The van der Waals surface area contributed by atoms with E-state index in [1.807, 2.05) is 0 Å². The molecule has 23 heavy (non-hydrogen) atoms. The largest absolute Gasteiger partial charge is 0.394 e. The summed E-state index contributed by atoms with van der Waals surface area (Å²) in [5.74, 6) is -1.37. The molecule has 138 valence electrons. The minimum absolute atomic E-state index is 0.417. The molecule has 1 rings (SSSR count). The Labute approximate surface area is 139 Å². The first kappa shape index (κ1) is 20.8. The van der Waals surface area contributed by atoms with Crippen molar-refractivity contribution >= 4 is 0 Å². The number of rotatable bonds is 11. The summed E-state index contributed by atoms with van der Waals surface area (Å²) in [5.41, 5.74) is 0. The highest BCUT2D eigenvalue weighted by Crippen LogP contribution is 2.35. The second-order valence-electron chi connectivity index (χ2n) is 6.51. The van der Waals surface area contributed by atoms with Gasteiger partial charge in [-0.3, -0.25) is 0 Å². The molecule has 1 aliphatic heterocycles. The van der Waals surface area contributed by atoms with Crippen LogP contribution in [-0.4, -0.2) is 64.3 Å². The third-order valence-corrected chi connectivity index (χ3v) is 4.76. The van der Waals surface area contributed by atoms with Crippen LogP contribution in [0.15, 0.2) is 0 Å². The molecule has 1 aliphatic rings. The Morgan fingerprint density at radius 1 is 0.913 bits per heavy atom. The van der Waals surface area contributed by atoms with Crippen LogP contribution >= 0.6 is 0 Å². The Hall–Kier alpha value is -0.240. The summed E-state index contributed by atoms with van der Waals surface area (Å²) < 4.78 is 10.9. The van der Waals surface area contributed by atoms with Crippen LogP contribution in [-0.2, 0) is 9.47 Å². The third kappa shape index (κ3) is 5.66. The van der Waals surface area contributed by atoms with Crippen molar-refractivity contribution in [3.05, 3.63) is 0 Å². The Bertz CT molecular complexity index is 311. The molecule has 1 heterocycles. The number of hydrogen-bond donors (Lipinski definition) is 4. The number of aliphatic hydroxyl groups is 4. The van der Waals surface area contributed by atoms with E-state index in [1.54, 1.807) is 0 Å². The monoisotopic (exact) mass is 334 g/mol. The lowest BCUT2D eigenvalue weighted by molar-refractivity contribution is -0.359. The minimum Gasteiger partial charge on any atom is -0.394 e. The molecule has 0 radical (unpaired) electrons. The topological polar surface area (TPSA) is 99.4 Å². The molecule has 0 spiro atoms. The fourth-order valence-corrected chi connectivity index (χ4v) is 3.19. The maximum Gasteiger partial charge on any atom is 0.197 e. The van der Waals surface area contributed by atoms with Crippen molar-refractivity contribution in [3.63, 3.8) is 0 Å². The summed E-state index contributed by atoms with van der Waals surface area (Å²) in [6.45, 7) is 1.76. The molecule has 1 saturated heterocycles. The van der Waals surface area contributed by atoms with Gasteiger partial charge in [0.2, 0.25) is 0 Å². The van der Waals surface area contributed by atoms with Crippen LogP contribution in [0, 0.1) is 0 Å². The van der Waals surface area contributed by atoms with Crippen LogP contribution in [0.25, 0.3) is 0 Å². The van der Waals surface area contributed by atoms with Gasteiger partial charge in [0.05, 0.1) is 6.61 Å². The lowest BCUT2D eigenvalue weighted by atomic mass is 9.89. The van der Waals surface area contributed by atoms with Crippen LogP contribution in [0.3, 0.4) is 0 Å². The normalized spacial score (nSPS) is 34.7. The molecule has 5 atom stereocenters. The molecule has 0 amide bonds. The SMILES string of the molecule is CCCCCCCCCCC1(OC)O[C@H](CO)[C@@H](O)[C@H](O)[C@H]1O. The first-order chi connectivity index (χ1) is 11.0. The van der Waals surface area contributed by atoms with Gasteiger partial charge in [0, 0.05) is 13.5 Å². The number of methoxy groups -OCH3 is 1. The lowest BCUT2D eigenvalue weighted by Crippen LogP contribution is -2.65. The van der Waals surface area contributed by atoms with Gasteiger partial charge in [0.1, 0.15) is 24.4 Å². The van der Waals surface area contributed by atoms with E-state index in [2.05, 4.69) is 6.92 Å². The van der Waals surface area contributed by atoms with Gasteiger partial charge >= 0.3 is 0 Å². The molecule has 0 bridgehead atoms. The van der Waals surface area contributed by atoms with Crippen LogP contribution in [0.1, 0.15) is 64.7 Å². The van der Waals surface area contributed by atoms with Crippen molar-refractivity contribution in [1.82, 2.24) is 0 Å². The molecule has 0 aromatic carbocycles. The zero-order valence-corrected chi connectivity index (χ0v) is 14.5. The van der Waals surface area contributed by atoms with Crippen LogP contribution in [0.5, 0.6) is 0 Å². The van der Waals surface area contributed by atoms with E-state index in [9.17, 15) is 20.4 Å². The smallest absolute Gasteiger partial charge is 0.197 e. The quantitative estimate of drug-likeness (QED) is 0.426. The van der Waals surface area contributed by atoms with Gasteiger partial charge in [0.25, 0.3) is 0 Å². The predicted octanol–water partition coefficient (Wildman–Crippen LogP) is 1.33. The first-order valence-electron chi connectivity index (χ1n) is 8.90. The summed E-state index contributed by atoms with van der Waals surface area (Å²) in [6, 6.07) is 0. The van der Waals surface area contributed by atoms with Crippen molar-refractivity contribution in [1.29, 1.82) is 0 Å². The summed E-state index contributed by atoms with van der Waals surface area (Å²) in [4.78, 5) is 0. The Kier molecular flexibility index (Phi) is 9.58. The highest BCUT2D eigenvalue weighted by molar-refractivity contribution is 4.96. The minimum atomic E-state index is -1.39. The Morgan fingerprint density at radius 2 is 1.48 bits per heavy atom. The van der Waals surface area contributed by atoms with Gasteiger partial charge < -0.3 is 29.9 Å². The second-order valence-corrected chi connectivity index (χ2v) is 6.51. The van der Waals surface area contributed by atoms with Gasteiger partial charge in [0.15, 0.2) is 5.79 Å². The van der Waals surface area contributed by atoms with E-state index < -0.39 is 36.8 Å². The fraction of sp³-hybridized carbons (Fsp3) is 1.00. The van der Waals surface area contributed by atoms with Crippen molar-refractivity contribution in [2.45, 2.75) is 94.9 Å². The first-order valence-corrected chi connectivity index (χ1v) is 8.90. The average Bonchev–Trinajstić information content (AvgIpc) is 2.57. The Balaban J connectivity index is 2.41. The number of unbranched alkanes of at least 4 members (excludes halogenated alkanes) is 7. The van der Waals surface area contributed by atoms with E-state index in [-0.39, 0.29) is 0 Å². The Morgan fingerprint density at radius 3 is 2.00 bits per heavy atom. The molecular weight excluding hydrogens is 300 g/mol. The fourth-order valence-electron chi connectivity index (χ4n) is 3.19. The van der Waals surface area contributed by atoms with E-state index >= 15 is 0 Å². The van der Waals surface area contributed by atoms with Crippen LogP contribution in [0.4, 0.5) is 0 Å². The highest BCUT2D eigenvalue weighted by Gasteiger charge is 2.53. The molecule has 0 aromatic rings. The van der Waals surface area contributed by atoms with Gasteiger partial charge in [-0.05, 0) is 6.42 Å². The van der Waals surface area contributed by atoms with Crippen molar-refractivity contribution in [2.75, 3.05) is 13.7 Å². The molecule has 0 saturated carbocycles. The standard InChI is InChI=1S/C17H34O6/c1-3-4-5-6-7-8-9-10-11-17(22-2)16(21)15(20)14(19)13(12-18)23-17/h13-16,18-21H,3-12H2,1-2H3/t13-,14-,15+,16-,17?/m1/s1. The maximum absolute atomic E-state index is 10.2. The molecule has 1 fully saturated rings. The summed E-state index contributed by atoms with van der Waals surface area (Å²) >= 11 is 0. The number of aliphatic hydroxyl groups excluding tert-OH is 4. The second kappa shape index (κ2) is 10.6. The third-order valence-electron chi connectivity index (χ3n) is 4.76. The average molecular weight is 334 g/mol. The summed E-state index contributed by atoms with van der Waals surface area (Å²) in [6.07, 6.45) is 4.57. The molecule has 0 aliphatic carbocycles. The zero-order valence-electron chi connectivity index (χ0n) is 14.5. The summed E-state index contributed by atoms with van der Waals surface area (Å²) in [5, 5.41) is 39.3. The lowest BCUT2D eigenvalue weighted by Gasteiger charge is -2.47. The molecule has 4 N–H and O–H groups in total. The predicted molar refractivity (Wildman–Crippen MR) is 86.9 cm³/mol. The molecular formula is C17H34O6. The number of hydrogen-bond acceptors (Lipinski definition) is 6. The van der Waals surface area contributed by atoms with Crippen molar-refractivity contribution in [3.8, 4) is 0 Å². The van der Waals surface area contributed by atoms with Gasteiger partial charge in [-0.15, -0.1) is 0 Å². The van der Waals surface area contributed by atoms with E-state index in [4.69, 9.17) is 9.47 Å². The van der Waals surface area contributed by atoms with Gasteiger partial charge in [-0.2, -0.15) is 0 Å². The van der Waals surface area contributed by atoms with E-state index in [0.717, 1.165) is 19.3 Å². The van der Waals surface area contributed by atoms with Crippen molar-refractivity contribution in [2.24, 2.45) is 0 Å². The van der Waals surface area contributed by atoms with Gasteiger partial charge in [-0.1, -0.05) is 51.9 Å². The number of ether oxygens (including phenoxy) is 2.